The van der Waals surface area contributed by atoms with Gasteiger partial charge in [-0.05, 0) is 42.3 Å². The molecule has 0 bridgehead atoms. The Kier molecular flexibility index (Phi) is 5.09. The number of methoxy groups -OCH3 is 1. The summed E-state index contributed by atoms with van der Waals surface area (Å²) in [5.74, 6) is -1.91. The molecule has 1 amide bonds. The van der Waals surface area contributed by atoms with Crippen molar-refractivity contribution in [2.24, 2.45) is 5.92 Å². The summed E-state index contributed by atoms with van der Waals surface area (Å²) in [5, 5.41) is 0.547. The largest absolute Gasteiger partial charge is 0.497 e. The van der Waals surface area contributed by atoms with Crippen LogP contribution in [0.1, 0.15) is 24.1 Å². The van der Waals surface area contributed by atoms with Crippen LogP contribution in [-0.2, 0) is 20.9 Å². The van der Waals surface area contributed by atoms with Crippen molar-refractivity contribution in [1.29, 1.82) is 0 Å². The number of halogens is 1. The standard InChI is InChI=1S/C20H18ClNO4/c1-12(23)17-18(14-5-7-15(21)8-6-14)22(20(25)19(17)24)11-13-3-9-16(26-2)10-4-13/h3-10,17-18H,11H2,1-2H3. The number of likely N-dealkylation sites (tertiary alicyclic amines) is 1. The lowest BCUT2D eigenvalue weighted by atomic mass is 9.90. The highest BCUT2D eigenvalue weighted by Gasteiger charge is 2.50. The van der Waals surface area contributed by atoms with Crippen LogP contribution in [0.5, 0.6) is 5.75 Å². The Balaban J connectivity index is 1.98. The first-order valence-corrected chi connectivity index (χ1v) is 8.54. The lowest BCUT2D eigenvalue weighted by Crippen LogP contribution is -2.30. The molecule has 0 radical (unpaired) electrons. The first-order valence-electron chi connectivity index (χ1n) is 8.16. The summed E-state index contributed by atoms with van der Waals surface area (Å²) in [7, 11) is 1.58. The van der Waals surface area contributed by atoms with Crippen LogP contribution in [-0.4, -0.2) is 29.5 Å². The molecule has 1 saturated heterocycles. The zero-order chi connectivity index (χ0) is 18.8. The molecule has 0 aliphatic carbocycles. The minimum atomic E-state index is -0.998. The lowest BCUT2D eigenvalue weighted by Gasteiger charge is -2.27. The average Bonchev–Trinajstić information content (AvgIpc) is 2.88. The van der Waals surface area contributed by atoms with E-state index < -0.39 is 23.7 Å². The van der Waals surface area contributed by atoms with Crippen molar-refractivity contribution in [3.05, 3.63) is 64.7 Å². The summed E-state index contributed by atoms with van der Waals surface area (Å²) in [5.41, 5.74) is 1.55. The molecule has 5 nitrogen and oxygen atoms in total. The number of hydrogen-bond acceptors (Lipinski definition) is 4. The van der Waals surface area contributed by atoms with Crippen molar-refractivity contribution >= 4 is 29.1 Å². The van der Waals surface area contributed by atoms with E-state index in [1.807, 2.05) is 12.1 Å². The van der Waals surface area contributed by atoms with E-state index in [0.717, 1.165) is 5.56 Å². The normalized spacial score (nSPS) is 19.7. The van der Waals surface area contributed by atoms with Crippen molar-refractivity contribution in [3.63, 3.8) is 0 Å². The van der Waals surface area contributed by atoms with Crippen molar-refractivity contribution in [2.45, 2.75) is 19.5 Å². The van der Waals surface area contributed by atoms with Crippen LogP contribution in [0.3, 0.4) is 0 Å². The maximum atomic E-state index is 12.6. The van der Waals surface area contributed by atoms with Gasteiger partial charge in [0.15, 0.2) is 0 Å². The number of Topliss-reactive ketones (excluding diaryl/α,β-unsaturated/α-hetero) is 2. The number of carbonyl (C=O) groups is 3. The van der Waals surface area contributed by atoms with E-state index >= 15 is 0 Å². The van der Waals surface area contributed by atoms with Crippen LogP contribution in [0.15, 0.2) is 48.5 Å². The van der Waals surface area contributed by atoms with E-state index in [0.29, 0.717) is 16.3 Å². The predicted molar refractivity (Wildman–Crippen MR) is 96.9 cm³/mol. The lowest BCUT2D eigenvalue weighted by molar-refractivity contribution is -0.142. The smallest absolute Gasteiger partial charge is 0.291 e. The van der Waals surface area contributed by atoms with Gasteiger partial charge in [-0.2, -0.15) is 0 Å². The monoisotopic (exact) mass is 371 g/mol. The molecule has 0 aromatic heterocycles. The second-order valence-corrected chi connectivity index (χ2v) is 6.67. The Morgan fingerprint density at radius 1 is 1.08 bits per heavy atom. The first-order chi connectivity index (χ1) is 12.4. The Hall–Kier alpha value is -2.66. The molecule has 3 rings (SSSR count). The number of carbonyl (C=O) groups excluding carboxylic acids is 3. The van der Waals surface area contributed by atoms with Gasteiger partial charge in [0, 0.05) is 11.6 Å². The molecule has 134 valence electrons. The molecule has 1 aliphatic heterocycles. The van der Waals surface area contributed by atoms with Gasteiger partial charge in [-0.3, -0.25) is 14.4 Å². The molecule has 2 aromatic rings. The number of rotatable bonds is 5. The van der Waals surface area contributed by atoms with Gasteiger partial charge < -0.3 is 9.64 Å². The maximum Gasteiger partial charge on any atom is 0.291 e. The van der Waals surface area contributed by atoms with E-state index in [1.165, 1.54) is 11.8 Å². The van der Waals surface area contributed by atoms with Gasteiger partial charge in [-0.1, -0.05) is 35.9 Å². The Morgan fingerprint density at radius 2 is 1.69 bits per heavy atom. The molecule has 1 heterocycles. The second kappa shape index (κ2) is 7.30. The Labute approximate surface area is 156 Å². The fraction of sp³-hybridized carbons (Fsp3) is 0.250. The molecule has 0 saturated carbocycles. The van der Waals surface area contributed by atoms with E-state index in [-0.39, 0.29) is 12.3 Å². The number of hydrogen-bond donors (Lipinski definition) is 0. The zero-order valence-corrected chi connectivity index (χ0v) is 15.2. The molecular formula is C20H18ClNO4. The molecule has 2 atom stereocenters. The highest BCUT2D eigenvalue weighted by Crippen LogP contribution is 2.38. The molecule has 6 heteroatoms. The third-order valence-corrected chi connectivity index (χ3v) is 4.82. The van der Waals surface area contributed by atoms with Crippen LogP contribution in [0, 0.1) is 5.92 Å². The van der Waals surface area contributed by atoms with Crippen LogP contribution in [0.4, 0.5) is 0 Å². The number of ketones is 2. The van der Waals surface area contributed by atoms with Gasteiger partial charge in [0.1, 0.15) is 17.5 Å². The summed E-state index contributed by atoms with van der Waals surface area (Å²) in [6.45, 7) is 1.57. The summed E-state index contributed by atoms with van der Waals surface area (Å²) in [6, 6.07) is 13.5. The summed E-state index contributed by atoms with van der Waals surface area (Å²) < 4.78 is 5.14. The van der Waals surface area contributed by atoms with Crippen LogP contribution in [0.2, 0.25) is 5.02 Å². The predicted octanol–water partition coefficient (Wildman–Crippen LogP) is 3.21. The van der Waals surface area contributed by atoms with Crippen LogP contribution < -0.4 is 4.74 Å². The van der Waals surface area contributed by atoms with Crippen molar-refractivity contribution in [3.8, 4) is 5.75 Å². The van der Waals surface area contributed by atoms with Gasteiger partial charge in [0.05, 0.1) is 13.2 Å². The van der Waals surface area contributed by atoms with E-state index in [9.17, 15) is 14.4 Å². The minimum absolute atomic E-state index is 0.228. The second-order valence-electron chi connectivity index (χ2n) is 6.23. The molecule has 2 aromatic carbocycles. The van der Waals surface area contributed by atoms with Crippen molar-refractivity contribution in [2.75, 3.05) is 7.11 Å². The average molecular weight is 372 g/mol. The fourth-order valence-corrected chi connectivity index (χ4v) is 3.39. The molecule has 0 spiro atoms. The molecule has 0 N–H and O–H groups in total. The third-order valence-electron chi connectivity index (χ3n) is 4.57. The minimum Gasteiger partial charge on any atom is -0.497 e. The molecule has 26 heavy (non-hydrogen) atoms. The maximum absolute atomic E-state index is 12.6. The first kappa shape index (κ1) is 18.1. The van der Waals surface area contributed by atoms with Crippen LogP contribution in [0.25, 0.3) is 0 Å². The van der Waals surface area contributed by atoms with Gasteiger partial charge in [-0.15, -0.1) is 0 Å². The molecule has 2 unspecified atom stereocenters. The number of amides is 1. The number of ether oxygens (including phenoxy) is 1. The molecule has 1 fully saturated rings. The third kappa shape index (κ3) is 3.35. The van der Waals surface area contributed by atoms with Crippen molar-refractivity contribution < 1.29 is 19.1 Å². The van der Waals surface area contributed by atoms with Crippen LogP contribution >= 0.6 is 11.6 Å². The van der Waals surface area contributed by atoms with E-state index in [1.54, 1.807) is 43.5 Å². The van der Waals surface area contributed by atoms with E-state index in [4.69, 9.17) is 16.3 Å². The van der Waals surface area contributed by atoms with E-state index in [2.05, 4.69) is 0 Å². The Morgan fingerprint density at radius 3 is 2.23 bits per heavy atom. The summed E-state index contributed by atoms with van der Waals surface area (Å²) >= 11 is 5.94. The molecular weight excluding hydrogens is 354 g/mol. The van der Waals surface area contributed by atoms with Gasteiger partial charge in [0.2, 0.25) is 5.78 Å². The van der Waals surface area contributed by atoms with Gasteiger partial charge in [-0.25, -0.2) is 0 Å². The van der Waals surface area contributed by atoms with Crippen molar-refractivity contribution in [1.82, 2.24) is 4.90 Å². The fourth-order valence-electron chi connectivity index (χ4n) is 3.26. The van der Waals surface area contributed by atoms with Gasteiger partial charge in [0.25, 0.3) is 5.91 Å². The quantitative estimate of drug-likeness (QED) is 0.598. The summed E-state index contributed by atoms with van der Waals surface area (Å²) in [6.07, 6.45) is 0. The molecule has 1 aliphatic rings. The van der Waals surface area contributed by atoms with Gasteiger partial charge >= 0.3 is 0 Å². The topological polar surface area (TPSA) is 63.7 Å². The SMILES string of the molecule is COc1ccc(CN2C(=O)C(=O)C(C(C)=O)C2c2ccc(Cl)cc2)cc1. The number of benzene rings is 2. The Bertz CT molecular complexity index is 845. The number of nitrogens with zero attached hydrogens (tertiary/aromatic N) is 1. The highest BCUT2D eigenvalue weighted by atomic mass is 35.5. The summed E-state index contributed by atoms with van der Waals surface area (Å²) in [4.78, 5) is 38.6. The highest BCUT2D eigenvalue weighted by molar-refractivity contribution is 6.42. The zero-order valence-electron chi connectivity index (χ0n) is 14.4.